The third kappa shape index (κ3) is 4.07. The lowest BCUT2D eigenvalue weighted by atomic mass is 9.47. The number of allylic oxidation sites excluding steroid dienone is 5. The first-order valence-corrected chi connectivity index (χ1v) is 11.7. The van der Waals surface area contributed by atoms with Gasteiger partial charge in [0.15, 0.2) is 0 Å². The summed E-state index contributed by atoms with van der Waals surface area (Å²) < 4.78 is 0. The largest absolute Gasteiger partial charge is 0.394 e. The van der Waals surface area contributed by atoms with E-state index in [2.05, 4.69) is 42.6 Å². The van der Waals surface area contributed by atoms with E-state index < -0.39 is 0 Å². The summed E-state index contributed by atoms with van der Waals surface area (Å²) in [6.07, 6.45) is 17.1. The van der Waals surface area contributed by atoms with Crippen molar-refractivity contribution >= 4 is 6.21 Å². The van der Waals surface area contributed by atoms with Gasteiger partial charge in [0.2, 0.25) is 0 Å². The molecule has 0 radical (unpaired) electrons. The van der Waals surface area contributed by atoms with Crippen molar-refractivity contribution in [1.82, 2.24) is 4.90 Å². The molecule has 4 aliphatic rings. The molecule has 3 fully saturated rings. The molecule has 0 amide bonds. The molecule has 0 saturated heterocycles. The molecule has 0 N–H and O–H groups in total. The predicted octanol–water partition coefficient (Wildman–Crippen LogP) is 6.63. The molecule has 0 spiro atoms. The van der Waals surface area contributed by atoms with E-state index in [1.165, 1.54) is 56.9 Å². The second kappa shape index (κ2) is 9.02. The number of fused-ring (bicyclic) bond motifs is 5. The molecular formula is C27H44N2O. The minimum absolute atomic E-state index is 0. The lowest BCUT2D eigenvalue weighted by molar-refractivity contribution is -0.0237. The highest BCUT2D eigenvalue weighted by atomic mass is 16.6. The fourth-order valence-corrected chi connectivity index (χ4v) is 7.09. The van der Waals surface area contributed by atoms with Crippen LogP contribution in [-0.2, 0) is 4.84 Å². The van der Waals surface area contributed by atoms with Crippen LogP contribution < -0.4 is 0 Å². The van der Waals surface area contributed by atoms with Crippen LogP contribution in [0.15, 0.2) is 40.6 Å². The van der Waals surface area contributed by atoms with E-state index in [-0.39, 0.29) is 7.43 Å². The van der Waals surface area contributed by atoms with E-state index >= 15 is 0 Å². The van der Waals surface area contributed by atoms with Crippen molar-refractivity contribution in [2.75, 3.05) is 27.2 Å². The Morgan fingerprint density at radius 2 is 1.87 bits per heavy atom. The third-order valence-corrected chi connectivity index (χ3v) is 9.04. The van der Waals surface area contributed by atoms with Crippen LogP contribution in [0, 0.1) is 28.6 Å². The average molecular weight is 413 g/mol. The molecule has 4 aliphatic carbocycles. The van der Waals surface area contributed by atoms with Crippen molar-refractivity contribution in [1.29, 1.82) is 0 Å². The zero-order chi connectivity index (χ0) is 20.6. The molecule has 3 unspecified atom stereocenters. The molecular weight excluding hydrogens is 368 g/mol. The molecule has 0 heterocycles. The highest BCUT2D eigenvalue weighted by Crippen LogP contribution is 2.66. The van der Waals surface area contributed by atoms with E-state index in [0.29, 0.717) is 17.4 Å². The van der Waals surface area contributed by atoms with E-state index in [4.69, 9.17) is 4.84 Å². The molecule has 4 rings (SSSR count). The minimum atomic E-state index is 0. The monoisotopic (exact) mass is 412 g/mol. The smallest absolute Gasteiger partial charge is 0.129 e. The van der Waals surface area contributed by atoms with Gasteiger partial charge in [-0.05, 0) is 106 Å². The topological polar surface area (TPSA) is 24.8 Å². The SMILES string of the molecule is C.C=C1CCC2C3CCC4=C/C(=C/C=NOCCN(C)C)CC[C@]4(C)C3CC[C@]12C. The summed E-state index contributed by atoms with van der Waals surface area (Å²) in [4.78, 5) is 7.45. The van der Waals surface area contributed by atoms with Crippen molar-refractivity contribution < 1.29 is 4.84 Å². The van der Waals surface area contributed by atoms with E-state index in [1.807, 2.05) is 20.3 Å². The molecule has 168 valence electrons. The Bertz CT molecular complexity index is 733. The molecule has 0 aromatic rings. The normalized spacial score (nSPS) is 39.4. The van der Waals surface area contributed by atoms with Crippen LogP contribution in [0.5, 0.6) is 0 Å². The van der Waals surface area contributed by atoms with Crippen LogP contribution in [0.4, 0.5) is 0 Å². The van der Waals surface area contributed by atoms with Crippen molar-refractivity contribution in [3.05, 3.63) is 35.5 Å². The van der Waals surface area contributed by atoms with Crippen molar-refractivity contribution in [3.63, 3.8) is 0 Å². The van der Waals surface area contributed by atoms with Gasteiger partial charge in [-0.15, -0.1) is 0 Å². The Morgan fingerprint density at radius 3 is 2.63 bits per heavy atom. The first-order chi connectivity index (χ1) is 13.8. The van der Waals surface area contributed by atoms with Gasteiger partial charge < -0.3 is 9.74 Å². The maximum atomic E-state index is 5.35. The summed E-state index contributed by atoms with van der Waals surface area (Å²) in [6, 6.07) is 0. The summed E-state index contributed by atoms with van der Waals surface area (Å²) in [7, 11) is 4.09. The first kappa shape index (κ1) is 23.3. The second-order valence-electron chi connectivity index (χ2n) is 10.7. The fraction of sp³-hybridized carbons (Fsp3) is 0.741. The van der Waals surface area contributed by atoms with Crippen LogP contribution in [0.3, 0.4) is 0 Å². The summed E-state index contributed by atoms with van der Waals surface area (Å²) >= 11 is 0. The molecule has 3 nitrogen and oxygen atoms in total. The van der Waals surface area contributed by atoms with Gasteiger partial charge in [-0.1, -0.05) is 50.2 Å². The molecule has 5 atom stereocenters. The van der Waals surface area contributed by atoms with Crippen LogP contribution in [0.25, 0.3) is 0 Å². The number of hydrogen-bond donors (Lipinski definition) is 0. The molecule has 0 bridgehead atoms. The molecule has 3 saturated carbocycles. The molecule has 30 heavy (non-hydrogen) atoms. The van der Waals surface area contributed by atoms with E-state index in [0.717, 1.165) is 24.3 Å². The summed E-state index contributed by atoms with van der Waals surface area (Å²) in [5, 5.41) is 4.11. The lowest BCUT2D eigenvalue weighted by Gasteiger charge is -2.57. The summed E-state index contributed by atoms with van der Waals surface area (Å²) in [5.41, 5.74) is 5.52. The van der Waals surface area contributed by atoms with Gasteiger partial charge in [0, 0.05) is 6.54 Å². The highest BCUT2D eigenvalue weighted by molar-refractivity contribution is 5.72. The minimum Gasteiger partial charge on any atom is -0.394 e. The third-order valence-electron chi connectivity index (χ3n) is 9.04. The Labute approximate surface area is 185 Å². The van der Waals surface area contributed by atoms with Gasteiger partial charge in [-0.2, -0.15) is 0 Å². The van der Waals surface area contributed by atoms with Crippen molar-refractivity contribution in [2.24, 2.45) is 33.7 Å². The van der Waals surface area contributed by atoms with Crippen molar-refractivity contribution in [3.8, 4) is 0 Å². The number of nitrogens with zero attached hydrogens (tertiary/aromatic N) is 2. The quantitative estimate of drug-likeness (QED) is 0.219. The molecule has 3 heteroatoms. The molecule has 0 aromatic carbocycles. The van der Waals surface area contributed by atoms with Crippen LogP contribution in [-0.4, -0.2) is 38.4 Å². The standard InChI is InChI=1S/C26H40N2O.CH4/c1-19-6-9-23-22-8-7-21-18-20(12-15-27-29-17-16-28(4)5)10-13-26(21,3)24(22)11-14-25(19,23)2;/h12,15,18,22-24H,1,6-11,13-14,16-17H2,2-5H3;1H4/b20-12+,27-15?;/t22?,23?,24?,25-,26+;/m1./s1. The van der Waals surface area contributed by atoms with Crippen molar-refractivity contribution in [2.45, 2.75) is 72.6 Å². The highest BCUT2D eigenvalue weighted by Gasteiger charge is 2.56. The number of likely N-dealkylation sites (N-methyl/N-ethyl adjacent to an activating group) is 1. The number of hydrogen-bond acceptors (Lipinski definition) is 3. The summed E-state index contributed by atoms with van der Waals surface area (Å²) in [6.45, 7) is 11.1. The van der Waals surface area contributed by atoms with E-state index in [1.54, 1.807) is 11.1 Å². The van der Waals surface area contributed by atoms with Gasteiger partial charge in [-0.25, -0.2) is 0 Å². The zero-order valence-electron chi connectivity index (χ0n) is 19.0. The Morgan fingerprint density at radius 1 is 1.10 bits per heavy atom. The second-order valence-corrected chi connectivity index (χ2v) is 10.7. The van der Waals surface area contributed by atoms with Gasteiger partial charge in [0.1, 0.15) is 6.61 Å². The zero-order valence-corrected chi connectivity index (χ0v) is 19.0. The van der Waals surface area contributed by atoms with Gasteiger partial charge >= 0.3 is 0 Å². The maximum absolute atomic E-state index is 5.35. The van der Waals surface area contributed by atoms with Gasteiger partial charge in [0.25, 0.3) is 0 Å². The fourth-order valence-electron chi connectivity index (χ4n) is 7.09. The number of rotatable bonds is 5. The predicted molar refractivity (Wildman–Crippen MR) is 129 cm³/mol. The average Bonchev–Trinajstić information content (AvgIpc) is 2.99. The van der Waals surface area contributed by atoms with Crippen LogP contribution in [0.1, 0.15) is 72.6 Å². The lowest BCUT2D eigenvalue weighted by Crippen LogP contribution is -2.49. The van der Waals surface area contributed by atoms with Crippen LogP contribution >= 0.6 is 0 Å². The summed E-state index contributed by atoms with van der Waals surface area (Å²) in [5.74, 6) is 2.67. The van der Waals surface area contributed by atoms with Gasteiger partial charge in [-0.3, -0.25) is 0 Å². The number of oxime groups is 1. The van der Waals surface area contributed by atoms with E-state index in [9.17, 15) is 0 Å². The Kier molecular flexibility index (Phi) is 7.01. The maximum Gasteiger partial charge on any atom is 0.129 e. The Hall–Kier alpha value is -1.35. The van der Waals surface area contributed by atoms with Crippen LogP contribution in [0.2, 0.25) is 0 Å². The Balaban J connectivity index is 0.00000256. The molecule has 0 aromatic heterocycles. The molecule has 0 aliphatic heterocycles. The van der Waals surface area contributed by atoms with Gasteiger partial charge in [0.05, 0.1) is 6.21 Å². The first-order valence-electron chi connectivity index (χ1n) is 11.7.